The van der Waals surface area contributed by atoms with Crippen molar-refractivity contribution in [2.24, 2.45) is 0 Å². The Morgan fingerprint density at radius 3 is 2.60 bits per heavy atom. The fraction of sp³-hybridized carbons (Fsp3) is 0.333. The molecule has 1 aliphatic heterocycles. The molecule has 1 fully saturated rings. The van der Waals surface area contributed by atoms with Crippen molar-refractivity contribution in [3.8, 4) is 11.5 Å². The van der Waals surface area contributed by atoms with E-state index in [1.165, 1.54) is 10.5 Å². The molecule has 4 rings (SSSR count). The third-order valence-corrected chi connectivity index (χ3v) is 6.22. The van der Waals surface area contributed by atoms with Crippen LogP contribution in [0.5, 0.6) is 0 Å². The molecule has 2 aromatic carbocycles. The van der Waals surface area contributed by atoms with Crippen LogP contribution in [0.15, 0.2) is 57.8 Å². The van der Waals surface area contributed by atoms with Gasteiger partial charge in [0.2, 0.25) is 5.89 Å². The van der Waals surface area contributed by atoms with Gasteiger partial charge in [-0.1, -0.05) is 17.7 Å². The van der Waals surface area contributed by atoms with Gasteiger partial charge in [0.15, 0.2) is 0 Å². The molecule has 0 unspecified atom stereocenters. The van der Waals surface area contributed by atoms with Crippen molar-refractivity contribution in [3.63, 3.8) is 0 Å². The van der Waals surface area contributed by atoms with Crippen molar-refractivity contribution in [3.05, 3.63) is 71.1 Å². The molecule has 1 N–H and O–H groups in total. The van der Waals surface area contributed by atoms with Crippen LogP contribution in [0.25, 0.3) is 11.5 Å². The first-order valence-corrected chi connectivity index (χ1v) is 11.2. The molecule has 6 heteroatoms. The van der Waals surface area contributed by atoms with E-state index in [4.69, 9.17) is 9.15 Å². The van der Waals surface area contributed by atoms with Crippen molar-refractivity contribution in [1.82, 2.24) is 10.3 Å². The Morgan fingerprint density at radius 2 is 1.90 bits per heavy atom. The molecule has 0 radical (unpaired) electrons. The summed E-state index contributed by atoms with van der Waals surface area (Å²) in [4.78, 5) is 18.2. The van der Waals surface area contributed by atoms with Gasteiger partial charge in [-0.05, 0) is 63.1 Å². The molecule has 0 bridgehead atoms. The van der Waals surface area contributed by atoms with Crippen LogP contribution < -0.4 is 5.32 Å². The number of nitrogens with one attached hydrogen (secondary N) is 1. The van der Waals surface area contributed by atoms with E-state index in [0.29, 0.717) is 18.0 Å². The molecule has 5 nitrogen and oxygen atoms in total. The van der Waals surface area contributed by atoms with E-state index in [1.54, 1.807) is 23.9 Å². The molecule has 1 saturated heterocycles. The van der Waals surface area contributed by atoms with Crippen LogP contribution in [-0.4, -0.2) is 30.1 Å². The third-order valence-electron chi connectivity index (χ3n) is 5.20. The number of carbonyl (C=O) groups excluding carboxylic acids is 1. The lowest BCUT2D eigenvalue weighted by Crippen LogP contribution is -2.31. The second-order valence-corrected chi connectivity index (χ2v) is 8.59. The number of nitrogens with zero attached hydrogens (tertiary/aromatic N) is 1. The van der Waals surface area contributed by atoms with Crippen LogP contribution in [0.1, 0.15) is 40.2 Å². The van der Waals surface area contributed by atoms with Crippen molar-refractivity contribution >= 4 is 17.7 Å². The van der Waals surface area contributed by atoms with Gasteiger partial charge in [-0.25, -0.2) is 4.98 Å². The van der Waals surface area contributed by atoms with Crippen LogP contribution in [0.4, 0.5) is 0 Å². The molecular formula is C24H26N2O3S. The minimum Gasteiger partial charge on any atom is -0.441 e. The highest BCUT2D eigenvalue weighted by Gasteiger charge is 2.17. The molecular weight excluding hydrogens is 396 g/mol. The fourth-order valence-electron chi connectivity index (χ4n) is 3.35. The minimum atomic E-state index is -0.0872. The number of ether oxygens (including phenoxy) is 1. The zero-order chi connectivity index (χ0) is 20.9. The lowest BCUT2D eigenvalue weighted by atomic mass is 10.1. The Morgan fingerprint density at radius 1 is 1.13 bits per heavy atom. The number of aryl methyl sites for hydroxylation is 2. The predicted molar refractivity (Wildman–Crippen MR) is 119 cm³/mol. The van der Waals surface area contributed by atoms with Crippen molar-refractivity contribution in [1.29, 1.82) is 0 Å². The second kappa shape index (κ2) is 9.49. The molecule has 0 aliphatic carbocycles. The van der Waals surface area contributed by atoms with Gasteiger partial charge >= 0.3 is 0 Å². The Labute approximate surface area is 181 Å². The van der Waals surface area contributed by atoms with E-state index in [9.17, 15) is 4.79 Å². The topological polar surface area (TPSA) is 64.4 Å². The zero-order valence-corrected chi connectivity index (χ0v) is 18.1. The number of amides is 1. The second-order valence-electron chi connectivity index (χ2n) is 7.55. The number of benzene rings is 2. The van der Waals surface area contributed by atoms with E-state index >= 15 is 0 Å². The summed E-state index contributed by atoms with van der Waals surface area (Å²) in [6.07, 6.45) is 2.21. The molecule has 1 aliphatic rings. The Hall–Kier alpha value is -2.57. The number of oxazole rings is 1. The highest BCUT2D eigenvalue weighted by molar-refractivity contribution is 7.98. The van der Waals surface area contributed by atoms with Gasteiger partial charge in [-0.2, -0.15) is 0 Å². The summed E-state index contributed by atoms with van der Waals surface area (Å²) in [6, 6.07) is 15.8. The van der Waals surface area contributed by atoms with Gasteiger partial charge in [0.1, 0.15) is 5.76 Å². The summed E-state index contributed by atoms with van der Waals surface area (Å²) in [5.74, 6) is 2.07. The number of aromatic nitrogens is 1. The lowest BCUT2D eigenvalue weighted by molar-refractivity contribution is 0.0858. The Kier molecular flexibility index (Phi) is 6.55. The van der Waals surface area contributed by atoms with Gasteiger partial charge in [0, 0.05) is 34.9 Å². The Bertz CT molecular complexity index is 990. The van der Waals surface area contributed by atoms with E-state index in [1.807, 2.05) is 19.1 Å². The standard InChI is InChI=1S/C24H26N2O3S/c1-16-5-11-21(12-6-16)30-15-22-17(2)29-24(26-22)19-9-7-18(8-10-19)23(27)25-14-20-4-3-13-28-20/h5-12,20H,3-4,13-15H2,1-2H3,(H,25,27)/t20-/m1/s1. The summed E-state index contributed by atoms with van der Waals surface area (Å²) >= 11 is 1.74. The lowest BCUT2D eigenvalue weighted by Gasteiger charge is -2.10. The van der Waals surface area contributed by atoms with E-state index in [-0.39, 0.29) is 12.0 Å². The molecule has 1 aromatic heterocycles. The smallest absolute Gasteiger partial charge is 0.251 e. The van der Waals surface area contributed by atoms with Gasteiger partial charge < -0.3 is 14.5 Å². The first kappa shape index (κ1) is 20.7. The summed E-state index contributed by atoms with van der Waals surface area (Å²) in [6.45, 7) is 5.37. The van der Waals surface area contributed by atoms with Gasteiger partial charge in [0.05, 0.1) is 11.8 Å². The predicted octanol–water partition coefficient (Wildman–Crippen LogP) is 5.16. The quantitative estimate of drug-likeness (QED) is 0.533. The van der Waals surface area contributed by atoms with Crippen LogP contribution in [0, 0.1) is 13.8 Å². The molecule has 1 amide bonds. The molecule has 1 atom stereocenters. The van der Waals surface area contributed by atoms with Crippen LogP contribution in [0.3, 0.4) is 0 Å². The molecule has 0 saturated carbocycles. The van der Waals surface area contributed by atoms with Crippen molar-refractivity contribution in [2.45, 2.75) is 43.4 Å². The summed E-state index contributed by atoms with van der Waals surface area (Å²) < 4.78 is 11.4. The first-order chi connectivity index (χ1) is 14.6. The van der Waals surface area contributed by atoms with E-state index < -0.39 is 0 Å². The van der Waals surface area contributed by atoms with Gasteiger partial charge in [0.25, 0.3) is 5.91 Å². The SMILES string of the molecule is Cc1ccc(SCc2nc(-c3ccc(C(=O)NC[C@H]4CCCO4)cc3)oc2C)cc1. The minimum absolute atomic E-state index is 0.0872. The first-order valence-electron chi connectivity index (χ1n) is 10.2. The summed E-state index contributed by atoms with van der Waals surface area (Å²) in [5.41, 5.74) is 3.67. The van der Waals surface area contributed by atoms with Gasteiger partial charge in [-0.15, -0.1) is 11.8 Å². The number of hydrogen-bond acceptors (Lipinski definition) is 5. The molecule has 0 spiro atoms. The fourth-order valence-corrected chi connectivity index (χ4v) is 4.25. The number of thioether (sulfide) groups is 1. The molecule has 156 valence electrons. The maximum Gasteiger partial charge on any atom is 0.251 e. The number of hydrogen-bond donors (Lipinski definition) is 1. The van der Waals surface area contributed by atoms with Crippen molar-refractivity contribution in [2.75, 3.05) is 13.2 Å². The largest absolute Gasteiger partial charge is 0.441 e. The third kappa shape index (κ3) is 5.12. The van der Waals surface area contributed by atoms with E-state index in [2.05, 4.69) is 41.5 Å². The number of carbonyl (C=O) groups is 1. The highest BCUT2D eigenvalue weighted by atomic mass is 32.2. The van der Waals surface area contributed by atoms with Crippen LogP contribution in [0.2, 0.25) is 0 Å². The average molecular weight is 423 g/mol. The van der Waals surface area contributed by atoms with Crippen LogP contribution in [-0.2, 0) is 10.5 Å². The van der Waals surface area contributed by atoms with Crippen molar-refractivity contribution < 1.29 is 13.9 Å². The molecule has 2 heterocycles. The maximum absolute atomic E-state index is 12.3. The average Bonchev–Trinajstić information content (AvgIpc) is 3.41. The monoisotopic (exact) mass is 422 g/mol. The Balaban J connectivity index is 1.37. The normalized spacial score (nSPS) is 16.0. The summed E-state index contributed by atoms with van der Waals surface area (Å²) in [7, 11) is 0. The number of rotatable bonds is 7. The zero-order valence-electron chi connectivity index (χ0n) is 17.3. The maximum atomic E-state index is 12.3. The van der Waals surface area contributed by atoms with E-state index in [0.717, 1.165) is 42.2 Å². The summed E-state index contributed by atoms with van der Waals surface area (Å²) in [5, 5.41) is 2.94. The highest BCUT2D eigenvalue weighted by Crippen LogP contribution is 2.28. The molecule has 30 heavy (non-hydrogen) atoms. The van der Waals surface area contributed by atoms with Gasteiger partial charge in [-0.3, -0.25) is 4.79 Å². The van der Waals surface area contributed by atoms with Crippen LogP contribution >= 0.6 is 11.8 Å². The molecule has 3 aromatic rings.